The molecule has 0 aliphatic carbocycles. The zero-order valence-electron chi connectivity index (χ0n) is 36.4. The van der Waals surface area contributed by atoms with Crippen LogP contribution in [-0.2, 0) is 28.6 Å². The SMILES string of the molecule is CC/C=C\C/C=C\C/C=C\CC(=O)OC(COC(=O)CCCCCCCCCCC)COC(=O)CCCCCCCCCCCCCCCCCCCCC. The van der Waals surface area contributed by atoms with Gasteiger partial charge in [0.1, 0.15) is 13.2 Å². The molecule has 0 aromatic heterocycles. The van der Waals surface area contributed by atoms with Gasteiger partial charge in [-0.3, -0.25) is 14.4 Å². The number of ether oxygens (including phenoxy) is 3. The van der Waals surface area contributed by atoms with E-state index in [-0.39, 0.29) is 31.6 Å². The summed E-state index contributed by atoms with van der Waals surface area (Å²) in [5.74, 6) is -1.03. The minimum atomic E-state index is -0.813. The van der Waals surface area contributed by atoms with Gasteiger partial charge in [-0.25, -0.2) is 0 Å². The molecule has 1 unspecified atom stereocenters. The maximum Gasteiger partial charge on any atom is 0.310 e. The molecule has 0 rings (SSSR count). The van der Waals surface area contributed by atoms with Crippen LogP contribution in [0.2, 0.25) is 0 Å². The topological polar surface area (TPSA) is 78.9 Å². The maximum absolute atomic E-state index is 12.6. The Bertz CT molecular complexity index is 938. The largest absolute Gasteiger partial charge is 0.462 e. The Morgan fingerprint density at radius 1 is 0.382 bits per heavy atom. The van der Waals surface area contributed by atoms with Crippen LogP contribution < -0.4 is 0 Å². The summed E-state index contributed by atoms with van der Waals surface area (Å²) in [6, 6.07) is 0. The van der Waals surface area contributed by atoms with Gasteiger partial charge in [0.2, 0.25) is 0 Å². The van der Waals surface area contributed by atoms with Gasteiger partial charge in [-0.05, 0) is 32.1 Å². The number of carbonyl (C=O) groups is 3. The van der Waals surface area contributed by atoms with E-state index in [9.17, 15) is 14.4 Å². The highest BCUT2D eigenvalue weighted by Gasteiger charge is 2.19. The van der Waals surface area contributed by atoms with Crippen molar-refractivity contribution < 1.29 is 28.6 Å². The first-order chi connectivity index (χ1) is 27.0. The second kappa shape index (κ2) is 44.3. The van der Waals surface area contributed by atoms with Gasteiger partial charge in [-0.15, -0.1) is 0 Å². The molecular weight excluding hydrogens is 685 g/mol. The fourth-order valence-electron chi connectivity index (χ4n) is 6.68. The van der Waals surface area contributed by atoms with E-state index in [1.807, 2.05) is 6.08 Å². The Labute approximate surface area is 340 Å². The van der Waals surface area contributed by atoms with Crippen LogP contribution in [0, 0.1) is 0 Å². The van der Waals surface area contributed by atoms with Crippen molar-refractivity contribution in [2.45, 2.75) is 245 Å². The Morgan fingerprint density at radius 3 is 1.04 bits per heavy atom. The number of hydrogen-bond acceptors (Lipinski definition) is 6. The second-order valence-electron chi connectivity index (χ2n) is 15.7. The summed E-state index contributed by atoms with van der Waals surface area (Å²) in [7, 11) is 0. The quantitative estimate of drug-likeness (QED) is 0.0266. The molecule has 0 amide bonds. The average molecular weight is 773 g/mol. The minimum absolute atomic E-state index is 0.104. The molecule has 0 aliphatic rings. The average Bonchev–Trinajstić information content (AvgIpc) is 3.18. The summed E-state index contributed by atoms with van der Waals surface area (Å²) in [6.07, 6.45) is 50.3. The zero-order chi connectivity index (χ0) is 40.1. The van der Waals surface area contributed by atoms with E-state index in [1.165, 1.54) is 141 Å². The molecule has 0 saturated carbocycles. The van der Waals surface area contributed by atoms with Gasteiger partial charge in [-0.2, -0.15) is 0 Å². The van der Waals surface area contributed by atoms with Crippen LogP contribution in [0.15, 0.2) is 36.5 Å². The fraction of sp³-hybridized carbons (Fsp3) is 0.816. The molecule has 6 nitrogen and oxygen atoms in total. The molecule has 0 radical (unpaired) electrons. The molecule has 55 heavy (non-hydrogen) atoms. The fourth-order valence-corrected chi connectivity index (χ4v) is 6.68. The molecular formula is C49H88O6. The molecule has 0 N–H and O–H groups in total. The summed E-state index contributed by atoms with van der Waals surface area (Å²) in [5, 5.41) is 0. The van der Waals surface area contributed by atoms with Crippen molar-refractivity contribution in [3.8, 4) is 0 Å². The molecule has 0 bridgehead atoms. The third-order valence-electron chi connectivity index (χ3n) is 10.2. The smallest absolute Gasteiger partial charge is 0.310 e. The third-order valence-corrected chi connectivity index (χ3v) is 10.2. The van der Waals surface area contributed by atoms with Crippen molar-refractivity contribution in [3.05, 3.63) is 36.5 Å². The Hall–Kier alpha value is -2.37. The highest BCUT2D eigenvalue weighted by molar-refractivity contribution is 5.72. The first-order valence-corrected chi connectivity index (χ1v) is 23.5. The van der Waals surface area contributed by atoms with Crippen molar-refractivity contribution in [2.75, 3.05) is 13.2 Å². The highest BCUT2D eigenvalue weighted by Crippen LogP contribution is 2.16. The first-order valence-electron chi connectivity index (χ1n) is 23.5. The minimum Gasteiger partial charge on any atom is -0.462 e. The summed E-state index contributed by atoms with van der Waals surface area (Å²) in [5.41, 5.74) is 0. The van der Waals surface area contributed by atoms with Crippen molar-refractivity contribution >= 4 is 17.9 Å². The van der Waals surface area contributed by atoms with Crippen LogP contribution in [-0.4, -0.2) is 37.2 Å². The van der Waals surface area contributed by atoms with E-state index in [0.29, 0.717) is 12.8 Å². The molecule has 0 saturated heterocycles. The molecule has 0 fully saturated rings. The van der Waals surface area contributed by atoms with Gasteiger partial charge in [0.15, 0.2) is 6.10 Å². The van der Waals surface area contributed by atoms with E-state index >= 15 is 0 Å². The number of unbranched alkanes of at least 4 members (excludes halogenated alkanes) is 26. The Balaban J connectivity index is 4.24. The van der Waals surface area contributed by atoms with Crippen molar-refractivity contribution in [3.63, 3.8) is 0 Å². The first kappa shape index (κ1) is 52.6. The van der Waals surface area contributed by atoms with E-state index in [1.54, 1.807) is 6.08 Å². The molecule has 0 aromatic carbocycles. The lowest BCUT2D eigenvalue weighted by atomic mass is 10.0. The summed E-state index contributed by atoms with van der Waals surface area (Å²) < 4.78 is 16.6. The molecule has 6 heteroatoms. The third kappa shape index (κ3) is 42.6. The highest BCUT2D eigenvalue weighted by atomic mass is 16.6. The normalized spacial score (nSPS) is 12.3. The molecule has 0 heterocycles. The van der Waals surface area contributed by atoms with Gasteiger partial charge in [0, 0.05) is 12.8 Å². The van der Waals surface area contributed by atoms with Crippen molar-refractivity contribution in [1.82, 2.24) is 0 Å². The lowest BCUT2D eigenvalue weighted by Crippen LogP contribution is -2.30. The lowest BCUT2D eigenvalue weighted by molar-refractivity contribution is -0.166. The lowest BCUT2D eigenvalue weighted by Gasteiger charge is -2.18. The van der Waals surface area contributed by atoms with Crippen LogP contribution in [0.3, 0.4) is 0 Å². The van der Waals surface area contributed by atoms with Gasteiger partial charge in [0.25, 0.3) is 0 Å². The van der Waals surface area contributed by atoms with Crippen molar-refractivity contribution in [1.29, 1.82) is 0 Å². The monoisotopic (exact) mass is 773 g/mol. The number of allylic oxidation sites excluding steroid dienone is 5. The van der Waals surface area contributed by atoms with Gasteiger partial charge in [-0.1, -0.05) is 224 Å². The van der Waals surface area contributed by atoms with E-state index < -0.39 is 12.1 Å². The predicted molar refractivity (Wildman–Crippen MR) is 233 cm³/mol. The molecule has 0 spiro atoms. The Kier molecular flexibility index (Phi) is 42.4. The number of hydrogen-bond donors (Lipinski definition) is 0. The van der Waals surface area contributed by atoms with Gasteiger partial charge >= 0.3 is 17.9 Å². The van der Waals surface area contributed by atoms with Gasteiger partial charge < -0.3 is 14.2 Å². The summed E-state index contributed by atoms with van der Waals surface area (Å²) in [4.78, 5) is 37.5. The molecule has 0 aliphatic heterocycles. The second-order valence-corrected chi connectivity index (χ2v) is 15.7. The van der Waals surface area contributed by atoms with Crippen LogP contribution in [0.1, 0.15) is 239 Å². The van der Waals surface area contributed by atoms with Crippen LogP contribution >= 0.6 is 0 Å². The number of esters is 3. The van der Waals surface area contributed by atoms with Crippen LogP contribution in [0.25, 0.3) is 0 Å². The van der Waals surface area contributed by atoms with E-state index in [2.05, 4.69) is 45.1 Å². The van der Waals surface area contributed by atoms with Crippen LogP contribution in [0.5, 0.6) is 0 Å². The molecule has 1 atom stereocenters. The summed E-state index contributed by atoms with van der Waals surface area (Å²) >= 11 is 0. The van der Waals surface area contributed by atoms with E-state index in [4.69, 9.17) is 14.2 Å². The Morgan fingerprint density at radius 2 is 0.691 bits per heavy atom. The van der Waals surface area contributed by atoms with Crippen molar-refractivity contribution in [2.24, 2.45) is 0 Å². The standard InChI is InChI=1S/C49H88O6/c1-4-7-10-13-16-19-20-21-22-23-24-25-26-27-28-31-33-36-39-42-48(51)54-45-46(55-49(52)43-40-37-34-30-18-15-12-9-6-3)44-53-47(50)41-38-35-32-29-17-14-11-8-5-2/h9,12,18,30,37,40,46H,4-8,10-11,13-17,19-29,31-36,38-39,41-45H2,1-3H3/b12-9-,30-18-,40-37-. The maximum atomic E-state index is 12.6. The molecule has 0 aromatic rings. The molecule has 320 valence electrons. The van der Waals surface area contributed by atoms with Crippen LogP contribution in [0.4, 0.5) is 0 Å². The number of rotatable bonds is 42. The van der Waals surface area contributed by atoms with E-state index in [0.717, 1.165) is 57.8 Å². The summed E-state index contributed by atoms with van der Waals surface area (Å²) in [6.45, 7) is 6.42. The zero-order valence-corrected chi connectivity index (χ0v) is 36.4. The predicted octanol–water partition coefficient (Wildman–Crippen LogP) is 15.0. The number of carbonyl (C=O) groups excluding carboxylic acids is 3. The van der Waals surface area contributed by atoms with Gasteiger partial charge in [0.05, 0.1) is 6.42 Å².